The molecule has 1 aromatic rings. The molecule has 21 heavy (non-hydrogen) atoms. The maximum atomic E-state index is 12.3. The lowest BCUT2D eigenvalue weighted by atomic mass is 10.0. The zero-order valence-corrected chi connectivity index (χ0v) is 13.2. The van der Waals surface area contributed by atoms with E-state index in [1.165, 1.54) is 33.4 Å². The first-order valence-electron chi connectivity index (χ1n) is 7.13. The summed E-state index contributed by atoms with van der Waals surface area (Å²) in [6.07, 6.45) is 5.92. The lowest BCUT2D eigenvalue weighted by Crippen LogP contribution is -2.41. The number of rotatable bonds is 4. The molecule has 1 aliphatic carbocycles. The summed E-state index contributed by atoms with van der Waals surface area (Å²) in [5.74, 6) is -0.0981. The van der Waals surface area contributed by atoms with Gasteiger partial charge in [-0.15, -0.1) is 0 Å². The lowest BCUT2D eigenvalue weighted by molar-refractivity contribution is 0.102. The van der Waals surface area contributed by atoms with Gasteiger partial charge in [0.15, 0.2) is 5.78 Å². The van der Waals surface area contributed by atoms with E-state index in [1.807, 2.05) is 0 Å². The van der Waals surface area contributed by atoms with E-state index in [0.29, 0.717) is 5.25 Å². The van der Waals surface area contributed by atoms with Gasteiger partial charge in [0.2, 0.25) is 0 Å². The average Bonchev–Trinajstić information content (AvgIpc) is 2.50. The summed E-state index contributed by atoms with van der Waals surface area (Å²) in [6, 6.07) is 0. The summed E-state index contributed by atoms with van der Waals surface area (Å²) in [5.41, 5.74) is 4.59. The number of thioether (sulfide) groups is 1. The van der Waals surface area contributed by atoms with Gasteiger partial charge in [0.25, 0.3) is 5.56 Å². The first-order chi connectivity index (χ1) is 9.93. The molecule has 1 aromatic heterocycles. The number of aromatic nitrogens is 2. The molecule has 0 bridgehead atoms. The molecule has 0 unspecified atom stereocenters. The highest BCUT2D eigenvalue weighted by Gasteiger charge is 2.22. The number of Topliss-reactive ketones (excluding diaryl/α,β-unsaturated/α-hetero) is 1. The van der Waals surface area contributed by atoms with E-state index >= 15 is 0 Å². The highest BCUT2D eigenvalue weighted by molar-refractivity contribution is 8.00. The standard InChI is InChI=1S/C14H21N3O3S/c1-16-12(15)11(13(19)17(2)14(16)20)10(18)8-21-9-6-4-3-5-7-9/h9H,3-8,15H2,1-2H3. The predicted molar refractivity (Wildman–Crippen MR) is 85.0 cm³/mol. The SMILES string of the molecule is Cn1c(N)c(C(=O)CSC2CCCCC2)c(=O)n(C)c1=O. The van der Waals surface area contributed by atoms with E-state index in [1.54, 1.807) is 11.8 Å². The van der Waals surface area contributed by atoms with Crippen LogP contribution in [0.2, 0.25) is 0 Å². The molecule has 0 aliphatic heterocycles. The van der Waals surface area contributed by atoms with Crippen molar-refractivity contribution in [1.82, 2.24) is 9.13 Å². The largest absolute Gasteiger partial charge is 0.384 e. The third-order valence-electron chi connectivity index (χ3n) is 3.99. The van der Waals surface area contributed by atoms with Gasteiger partial charge in [-0.25, -0.2) is 4.79 Å². The number of carbonyl (C=O) groups excluding carboxylic acids is 1. The topological polar surface area (TPSA) is 87.1 Å². The summed E-state index contributed by atoms with van der Waals surface area (Å²) in [6.45, 7) is 0. The maximum Gasteiger partial charge on any atom is 0.332 e. The molecule has 0 amide bonds. The van der Waals surface area contributed by atoms with Crippen molar-refractivity contribution in [3.8, 4) is 0 Å². The van der Waals surface area contributed by atoms with Gasteiger partial charge >= 0.3 is 5.69 Å². The second kappa shape index (κ2) is 6.51. The number of nitrogen functional groups attached to an aromatic ring is 1. The molecular formula is C14H21N3O3S. The number of nitrogens with zero attached hydrogens (tertiary/aromatic N) is 2. The molecule has 7 heteroatoms. The molecule has 1 fully saturated rings. The van der Waals surface area contributed by atoms with Gasteiger partial charge in [-0.3, -0.25) is 18.7 Å². The van der Waals surface area contributed by atoms with Crippen LogP contribution >= 0.6 is 11.8 Å². The van der Waals surface area contributed by atoms with Crippen LogP contribution in [-0.2, 0) is 14.1 Å². The molecule has 1 heterocycles. The van der Waals surface area contributed by atoms with Crippen LogP contribution in [-0.4, -0.2) is 25.9 Å². The Labute approximate surface area is 127 Å². The minimum atomic E-state index is -0.607. The fourth-order valence-corrected chi connectivity index (χ4v) is 3.82. The van der Waals surface area contributed by atoms with Crippen LogP contribution < -0.4 is 17.0 Å². The van der Waals surface area contributed by atoms with Crippen molar-refractivity contribution in [2.75, 3.05) is 11.5 Å². The van der Waals surface area contributed by atoms with Crippen LogP contribution in [0.25, 0.3) is 0 Å². The number of nitrogens with two attached hydrogens (primary N) is 1. The molecule has 6 nitrogen and oxygen atoms in total. The van der Waals surface area contributed by atoms with Crippen LogP contribution in [0.3, 0.4) is 0 Å². The Bertz CT molecular complexity index is 657. The molecular weight excluding hydrogens is 290 g/mol. The highest BCUT2D eigenvalue weighted by Crippen LogP contribution is 2.28. The Balaban J connectivity index is 2.19. The Morgan fingerprint density at radius 1 is 1.19 bits per heavy atom. The number of hydrogen-bond acceptors (Lipinski definition) is 5. The minimum absolute atomic E-state index is 0.0441. The predicted octanol–water partition coefficient (Wildman–Crippen LogP) is 0.915. The van der Waals surface area contributed by atoms with Crippen molar-refractivity contribution in [1.29, 1.82) is 0 Å². The van der Waals surface area contributed by atoms with Gasteiger partial charge in [0.05, 0.1) is 5.75 Å². The first-order valence-corrected chi connectivity index (χ1v) is 8.18. The van der Waals surface area contributed by atoms with Gasteiger partial charge in [-0.1, -0.05) is 19.3 Å². The molecule has 2 N–H and O–H groups in total. The van der Waals surface area contributed by atoms with E-state index in [-0.39, 0.29) is 22.9 Å². The highest BCUT2D eigenvalue weighted by atomic mass is 32.2. The quantitative estimate of drug-likeness (QED) is 0.835. The van der Waals surface area contributed by atoms with E-state index in [2.05, 4.69) is 0 Å². The van der Waals surface area contributed by atoms with Crippen molar-refractivity contribution in [2.24, 2.45) is 14.1 Å². The second-order valence-electron chi connectivity index (χ2n) is 5.46. The van der Waals surface area contributed by atoms with Crippen molar-refractivity contribution in [3.63, 3.8) is 0 Å². The summed E-state index contributed by atoms with van der Waals surface area (Å²) in [5, 5.41) is 0.486. The van der Waals surface area contributed by atoms with E-state index in [0.717, 1.165) is 22.0 Å². The fraction of sp³-hybridized carbons (Fsp3) is 0.643. The first kappa shape index (κ1) is 15.9. The van der Waals surface area contributed by atoms with E-state index < -0.39 is 11.2 Å². The molecule has 0 radical (unpaired) electrons. The molecule has 1 saturated carbocycles. The van der Waals surface area contributed by atoms with E-state index in [9.17, 15) is 14.4 Å². The normalized spacial score (nSPS) is 16.1. The van der Waals surface area contributed by atoms with Crippen LogP contribution in [0, 0.1) is 0 Å². The molecule has 116 valence electrons. The Kier molecular flexibility index (Phi) is 4.92. The fourth-order valence-electron chi connectivity index (χ4n) is 2.62. The Hall–Kier alpha value is -1.50. The molecule has 2 rings (SSSR count). The van der Waals surface area contributed by atoms with Gasteiger partial charge in [0.1, 0.15) is 11.4 Å². The maximum absolute atomic E-state index is 12.3. The van der Waals surface area contributed by atoms with Crippen molar-refractivity contribution in [2.45, 2.75) is 37.4 Å². The average molecular weight is 311 g/mol. The number of carbonyl (C=O) groups is 1. The van der Waals surface area contributed by atoms with E-state index in [4.69, 9.17) is 5.73 Å². The van der Waals surface area contributed by atoms with Gasteiger partial charge in [-0.05, 0) is 12.8 Å². The number of anilines is 1. The zero-order valence-electron chi connectivity index (χ0n) is 12.4. The smallest absolute Gasteiger partial charge is 0.332 e. The van der Waals surface area contributed by atoms with Crippen LogP contribution in [0.4, 0.5) is 5.82 Å². The van der Waals surface area contributed by atoms with Crippen molar-refractivity contribution in [3.05, 3.63) is 26.4 Å². The summed E-state index contributed by atoms with van der Waals surface area (Å²) in [7, 11) is 2.82. The molecule has 0 saturated heterocycles. The van der Waals surface area contributed by atoms with Crippen LogP contribution in [0.15, 0.2) is 9.59 Å². The summed E-state index contributed by atoms with van der Waals surface area (Å²) >= 11 is 1.59. The lowest BCUT2D eigenvalue weighted by Gasteiger charge is -2.20. The minimum Gasteiger partial charge on any atom is -0.384 e. The third-order valence-corrected chi connectivity index (χ3v) is 5.36. The van der Waals surface area contributed by atoms with Crippen LogP contribution in [0.1, 0.15) is 42.5 Å². The molecule has 1 aliphatic rings. The zero-order chi connectivity index (χ0) is 15.6. The van der Waals surface area contributed by atoms with Crippen molar-refractivity contribution >= 4 is 23.4 Å². The molecule has 0 atom stereocenters. The van der Waals surface area contributed by atoms with Gasteiger partial charge in [0, 0.05) is 19.3 Å². The Morgan fingerprint density at radius 2 is 1.81 bits per heavy atom. The summed E-state index contributed by atoms with van der Waals surface area (Å²) < 4.78 is 2.06. The monoisotopic (exact) mass is 311 g/mol. The van der Waals surface area contributed by atoms with Gasteiger partial charge < -0.3 is 5.73 Å². The Morgan fingerprint density at radius 3 is 2.43 bits per heavy atom. The van der Waals surface area contributed by atoms with Crippen molar-refractivity contribution < 1.29 is 4.79 Å². The molecule has 0 aromatic carbocycles. The third kappa shape index (κ3) is 3.23. The van der Waals surface area contributed by atoms with Gasteiger partial charge in [-0.2, -0.15) is 11.8 Å². The summed E-state index contributed by atoms with van der Waals surface area (Å²) in [4.78, 5) is 36.1. The number of ketones is 1. The van der Waals surface area contributed by atoms with Crippen LogP contribution in [0.5, 0.6) is 0 Å². The molecule has 0 spiro atoms. The second-order valence-corrected chi connectivity index (χ2v) is 6.75. The number of hydrogen-bond donors (Lipinski definition) is 1.